The Labute approximate surface area is 95.5 Å². The first-order valence-electron chi connectivity index (χ1n) is 5.60. The lowest BCUT2D eigenvalue weighted by molar-refractivity contribution is 0.0631. The van der Waals surface area contributed by atoms with Crippen molar-refractivity contribution in [1.82, 2.24) is 9.88 Å². The van der Waals surface area contributed by atoms with Gasteiger partial charge in [0.05, 0.1) is 5.54 Å². The van der Waals surface area contributed by atoms with Gasteiger partial charge in [0.2, 0.25) is 0 Å². The average Bonchev–Trinajstić information content (AvgIpc) is 2.72. The van der Waals surface area contributed by atoms with E-state index in [9.17, 15) is 4.79 Å². The van der Waals surface area contributed by atoms with Crippen LogP contribution in [0.5, 0.6) is 0 Å². The molecule has 1 saturated heterocycles. The van der Waals surface area contributed by atoms with Crippen molar-refractivity contribution < 1.29 is 4.79 Å². The molecule has 2 heterocycles. The van der Waals surface area contributed by atoms with Crippen molar-refractivity contribution in [2.24, 2.45) is 5.73 Å². The van der Waals surface area contributed by atoms with Crippen LogP contribution in [0, 0.1) is 0 Å². The number of aromatic nitrogens is 1. The Hall–Kier alpha value is -1.42. The Morgan fingerprint density at radius 3 is 3.06 bits per heavy atom. The van der Waals surface area contributed by atoms with E-state index in [0.29, 0.717) is 12.2 Å². The van der Waals surface area contributed by atoms with Crippen LogP contribution in [0.15, 0.2) is 24.4 Å². The fraction of sp³-hybridized carbons (Fsp3) is 0.500. The van der Waals surface area contributed by atoms with Crippen LogP contribution in [0.4, 0.5) is 0 Å². The zero-order chi connectivity index (χ0) is 11.6. The summed E-state index contributed by atoms with van der Waals surface area (Å²) in [5.41, 5.74) is 6.06. The molecule has 0 aromatic carbocycles. The summed E-state index contributed by atoms with van der Waals surface area (Å²) in [7, 11) is 0. The summed E-state index contributed by atoms with van der Waals surface area (Å²) in [5.74, 6) is -0.00829. The minimum atomic E-state index is -0.200. The third-order valence-electron chi connectivity index (χ3n) is 3.32. The second kappa shape index (κ2) is 4.22. The maximum Gasteiger partial charge on any atom is 0.272 e. The summed E-state index contributed by atoms with van der Waals surface area (Å²) in [4.78, 5) is 18.2. The zero-order valence-corrected chi connectivity index (χ0v) is 9.52. The number of amides is 1. The first kappa shape index (κ1) is 11.1. The van der Waals surface area contributed by atoms with Gasteiger partial charge in [0, 0.05) is 19.3 Å². The third kappa shape index (κ3) is 1.80. The molecule has 0 radical (unpaired) electrons. The molecule has 1 aromatic heterocycles. The molecular formula is C12H17N3O. The lowest BCUT2D eigenvalue weighted by Gasteiger charge is -2.33. The maximum absolute atomic E-state index is 12.2. The van der Waals surface area contributed by atoms with E-state index in [2.05, 4.69) is 4.98 Å². The average molecular weight is 219 g/mol. The molecule has 86 valence electrons. The summed E-state index contributed by atoms with van der Waals surface area (Å²) in [6.45, 7) is 3.33. The molecule has 4 nitrogen and oxygen atoms in total. The minimum Gasteiger partial charge on any atom is -0.331 e. The Balaban J connectivity index is 2.23. The molecule has 1 unspecified atom stereocenters. The van der Waals surface area contributed by atoms with Gasteiger partial charge < -0.3 is 10.6 Å². The predicted molar refractivity (Wildman–Crippen MR) is 62.0 cm³/mol. The van der Waals surface area contributed by atoms with Crippen LogP contribution < -0.4 is 5.73 Å². The number of nitrogens with zero attached hydrogens (tertiary/aromatic N) is 2. The SMILES string of the molecule is CC1(CN)CCCN1C(=O)c1ccccn1. The van der Waals surface area contributed by atoms with Crippen molar-refractivity contribution in [3.05, 3.63) is 30.1 Å². The van der Waals surface area contributed by atoms with E-state index in [4.69, 9.17) is 5.73 Å². The fourth-order valence-electron chi connectivity index (χ4n) is 2.21. The number of nitrogens with two attached hydrogens (primary N) is 1. The lowest BCUT2D eigenvalue weighted by atomic mass is 9.99. The van der Waals surface area contributed by atoms with Gasteiger partial charge in [0.25, 0.3) is 5.91 Å². The van der Waals surface area contributed by atoms with Crippen molar-refractivity contribution in [1.29, 1.82) is 0 Å². The lowest BCUT2D eigenvalue weighted by Crippen LogP contribution is -2.50. The number of hydrogen-bond acceptors (Lipinski definition) is 3. The summed E-state index contributed by atoms with van der Waals surface area (Å²) in [6.07, 6.45) is 3.64. The number of pyridine rings is 1. The quantitative estimate of drug-likeness (QED) is 0.808. The Kier molecular flexibility index (Phi) is 2.92. The van der Waals surface area contributed by atoms with Crippen molar-refractivity contribution in [2.75, 3.05) is 13.1 Å². The van der Waals surface area contributed by atoms with E-state index in [1.807, 2.05) is 24.0 Å². The first-order valence-corrected chi connectivity index (χ1v) is 5.60. The molecule has 1 amide bonds. The largest absolute Gasteiger partial charge is 0.331 e. The molecule has 1 atom stereocenters. The van der Waals surface area contributed by atoms with Crippen LogP contribution in [0.2, 0.25) is 0 Å². The normalized spacial score (nSPS) is 24.8. The number of rotatable bonds is 2. The summed E-state index contributed by atoms with van der Waals surface area (Å²) >= 11 is 0. The Morgan fingerprint density at radius 2 is 2.44 bits per heavy atom. The summed E-state index contributed by atoms with van der Waals surface area (Å²) in [6, 6.07) is 5.39. The predicted octanol–water partition coefficient (Wildman–Crippen LogP) is 1.04. The van der Waals surface area contributed by atoms with Gasteiger partial charge >= 0.3 is 0 Å². The van der Waals surface area contributed by atoms with Crippen molar-refractivity contribution in [3.8, 4) is 0 Å². The van der Waals surface area contributed by atoms with E-state index in [0.717, 1.165) is 19.4 Å². The van der Waals surface area contributed by atoms with Gasteiger partial charge in [-0.25, -0.2) is 0 Å². The molecule has 1 aromatic rings. The smallest absolute Gasteiger partial charge is 0.272 e. The van der Waals surface area contributed by atoms with Crippen LogP contribution in [-0.2, 0) is 0 Å². The van der Waals surface area contributed by atoms with Crippen LogP contribution in [0.3, 0.4) is 0 Å². The number of carbonyl (C=O) groups excluding carboxylic acids is 1. The molecule has 1 aliphatic rings. The van der Waals surface area contributed by atoms with Crippen LogP contribution in [-0.4, -0.2) is 34.4 Å². The van der Waals surface area contributed by atoms with Gasteiger partial charge in [-0.05, 0) is 31.9 Å². The monoisotopic (exact) mass is 219 g/mol. The van der Waals surface area contributed by atoms with E-state index >= 15 is 0 Å². The summed E-state index contributed by atoms with van der Waals surface area (Å²) in [5, 5.41) is 0. The van der Waals surface area contributed by atoms with Crippen LogP contribution in [0.25, 0.3) is 0 Å². The molecule has 16 heavy (non-hydrogen) atoms. The fourth-order valence-corrected chi connectivity index (χ4v) is 2.21. The van der Waals surface area contributed by atoms with Gasteiger partial charge in [0.15, 0.2) is 0 Å². The van der Waals surface area contributed by atoms with Crippen molar-refractivity contribution in [2.45, 2.75) is 25.3 Å². The number of hydrogen-bond donors (Lipinski definition) is 1. The van der Waals surface area contributed by atoms with Crippen LogP contribution in [0.1, 0.15) is 30.3 Å². The molecule has 0 saturated carbocycles. The van der Waals surface area contributed by atoms with Gasteiger partial charge in [-0.2, -0.15) is 0 Å². The molecule has 1 fully saturated rings. The molecule has 1 aliphatic heterocycles. The topological polar surface area (TPSA) is 59.2 Å². The first-order chi connectivity index (χ1) is 7.67. The highest BCUT2D eigenvalue weighted by molar-refractivity contribution is 5.93. The Morgan fingerprint density at radius 1 is 1.62 bits per heavy atom. The van der Waals surface area contributed by atoms with E-state index in [-0.39, 0.29) is 11.4 Å². The minimum absolute atomic E-state index is 0.00829. The second-order valence-electron chi connectivity index (χ2n) is 4.48. The van der Waals surface area contributed by atoms with Crippen LogP contribution >= 0.6 is 0 Å². The molecule has 4 heteroatoms. The highest BCUT2D eigenvalue weighted by atomic mass is 16.2. The summed E-state index contributed by atoms with van der Waals surface area (Å²) < 4.78 is 0. The maximum atomic E-state index is 12.2. The van der Waals surface area contributed by atoms with Gasteiger partial charge in [-0.1, -0.05) is 6.07 Å². The van der Waals surface area contributed by atoms with Gasteiger partial charge in [-0.3, -0.25) is 9.78 Å². The number of carbonyl (C=O) groups is 1. The Bertz CT molecular complexity index is 379. The zero-order valence-electron chi connectivity index (χ0n) is 9.52. The third-order valence-corrected chi connectivity index (χ3v) is 3.32. The van der Waals surface area contributed by atoms with Crippen molar-refractivity contribution in [3.63, 3.8) is 0 Å². The molecule has 2 rings (SSSR count). The molecule has 2 N–H and O–H groups in total. The molecule has 0 aliphatic carbocycles. The molecule has 0 bridgehead atoms. The molecule has 0 spiro atoms. The second-order valence-corrected chi connectivity index (χ2v) is 4.48. The number of likely N-dealkylation sites (tertiary alicyclic amines) is 1. The van der Waals surface area contributed by atoms with E-state index in [1.54, 1.807) is 12.3 Å². The van der Waals surface area contributed by atoms with E-state index in [1.165, 1.54) is 0 Å². The van der Waals surface area contributed by atoms with Gasteiger partial charge in [0.1, 0.15) is 5.69 Å². The van der Waals surface area contributed by atoms with Gasteiger partial charge in [-0.15, -0.1) is 0 Å². The van der Waals surface area contributed by atoms with E-state index < -0.39 is 0 Å². The van der Waals surface area contributed by atoms with Crippen molar-refractivity contribution >= 4 is 5.91 Å². The highest BCUT2D eigenvalue weighted by Gasteiger charge is 2.38. The highest BCUT2D eigenvalue weighted by Crippen LogP contribution is 2.28. The molecular weight excluding hydrogens is 202 g/mol. The standard InChI is InChI=1S/C12H17N3O/c1-12(9-13)6-4-8-15(12)11(16)10-5-2-3-7-14-10/h2-3,5,7H,4,6,8-9,13H2,1H3.